The molecule has 1 fully saturated rings. The van der Waals surface area contributed by atoms with Crippen LogP contribution in [-0.4, -0.2) is 76.3 Å². The van der Waals surface area contributed by atoms with E-state index < -0.39 is 42.7 Å². The number of rotatable bonds is 8. The van der Waals surface area contributed by atoms with Crippen LogP contribution in [0, 0.1) is 5.92 Å². The average molecular weight is 756 g/mol. The fourth-order valence-electron chi connectivity index (χ4n) is 7.98. The summed E-state index contributed by atoms with van der Waals surface area (Å²) in [7, 11) is 1.96. The van der Waals surface area contributed by atoms with Gasteiger partial charge in [0.05, 0.1) is 25.4 Å². The van der Waals surface area contributed by atoms with Crippen molar-refractivity contribution < 1.29 is 47.9 Å². The minimum atomic E-state index is -4.72. The zero-order valence-electron chi connectivity index (χ0n) is 30.9. The number of nitrogens with zero attached hydrogens (tertiary/aromatic N) is 2. The summed E-state index contributed by atoms with van der Waals surface area (Å²) in [6.07, 6.45) is -3.10. The summed E-state index contributed by atoms with van der Waals surface area (Å²) in [6.45, 7) is 5.68. The van der Waals surface area contributed by atoms with Crippen molar-refractivity contribution in [3.63, 3.8) is 0 Å². The first-order valence-corrected chi connectivity index (χ1v) is 18.1. The van der Waals surface area contributed by atoms with Gasteiger partial charge in [-0.25, -0.2) is 9.59 Å². The number of amides is 3. The molecule has 6 rings (SSSR count). The molecule has 3 amide bonds. The number of benzene rings is 3. The Labute approximate surface area is 311 Å². The highest BCUT2D eigenvalue weighted by Crippen LogP contribution is 2.53. The van der Waals surface area contributed by atoms with Crippen molar-refractivity contribution in [3.05, 3.63) is 69.3 Å². The predicted octanol–water partition coefficient (Wildman–Crippen LogP) is 6.03. The quantitative estimate of drug-likeness (QED) is 0.136. The zero-order chi connectivity index (χ0) is 39.1. The van der Waals surface area contributed by atoms with Gasteiger partial charge < -0.3 is 46.0 Å². The van der Waals surface area contributed by atoms with E-state index in [0.29, 0.717) is 79.7 Å². The lowest BCUT2D eigenvalue weighted by molar-refractivity contribution is -0.137. The fraction of sp³-hybridized carbons (Fsp3) is 0.487. The monoisotopic (exact) mass is 755 g/mol. The molecule has 3 aromatic rings. The Morgan fingerprint density at radius 1 is 0.926 bits per heavy atom. The van der Waals surface area contributed by atoms with Gasteiger partial charge in [-0.3, -0.25) is 4.90 Å². The second-order valence-corrected chi connectivity index (χ2v) is 15.3. The van der Waals surface area contributed by atoms with Gasteiger partial charge in [0.1, 0.15) is 11.4 Å². The Balaban J connectivity index is 1.24. The summed E-state index contributed by atoms with van der Waals surface area (Å²) in [5.41, 5.74) is 2.91. The number of alkyl carbamates (subject to hydrolysis) is 1. The molecular weight excluding hydrogens is 707 g/mol. The van der Waals surface area contributed by atoms with E-state index in [9.17, 15) is 43.2 Å². The number of likely N-dealkylation sites (N-methyl/N-ethyl adjacent to an activating group) is 1. The number of carbonyl (C=O) groups is 2. The number of ether oxygens (including phenoxy) is 1. The van der Waals surface area contributed by atoms with Gasteiger partial charge in [0.25, 0.3) is 0 Å². The molecule has 2 heterocycles. The molecule has 0 unspecified atom stereocenters. The van der Waals surface area contributed by atoms with Gasteiger partial charge in [-0.2, -0.15) is 13.2 Å². The van der Waals surface area contributed by atoms with Crippen molar-refractivity contribution in [1.29, 1.82) is 0 Å². The largest absolute Gasteiger partial charge is 0.507 e. The van der Waals surface area contributed by atoms with Crippen LogP contribution in [0.2, 0.25) is 0 Å². The predicted molar refractivity (Wildman–Crippen MR) is 197 cm³/mol. The van der Waals surface area contributed by atoms with Crippen LogP contribution in [0.1, 0.15) is 78.6 Å². The Hall–Kier alpha value is -4.57. The van der Waals surface area contributed by atoms with Crippen LogP contribution in [0.25, 0.3) is 11.1 Å². The molecule has 0 spiro atoms. The lowest BCUT2D eigenvalue weighted by Gasteiger charge is -2.42. The molecule has 1 atom stereocenters. The number of halogens is 3. The number of piperidine rings is 1. The fourth-order valence-corrected chi connectivity index (χ4v) is 7.98. The molecule has 1 aliphatic carbocycles. The van der Waals surface area contributed by atoms with Gasteiger partial charge in [0.15, 0.2) is 0 Å². The lowest BCUT2D eigenvalue weighted by Crippen LogP contribution is -2.40. The van der Waals surface area contributed by atoms with Crippen molar-refractivity contribution in [2.24, 2.45) is 5.92 Å². The number of anilines is 3. The van der Waals surface area contributed by atoms with Gasteiger partial charge in [-0.1, -0.05) is 6.07 Å². The van der Waals surface area contributed by atoms with Gasteiger partial charge in [0, 0.05) is 60.4 Å². The van der Waals surface area contributed by atoms with Crippen molar-refractivity contribution in [3.8, 4) is 16.9 Å². The molecule has 7 N–H and O–H groups in total. The Kier molecular flexibility index (Phi) is 11.1. The van der Waals surface area contributed by atoms with Crippen molar-refractivity contribution in [1.82, 2.24) is 10.2 Å². The summed E-state index contributed by atoms with van der Waals surface area (Å²) >= 11 is 0. The van der Waals surface area contributed by atoms with Gasteiger partial charge in [-0.05, 0) is 117 Å². The number of hydrogen-bond acceptors (Lipinski definition) is 9. The summed E-state index contributed by atoms with van der Waals surface area (Å²) in [5, 5.41) is 50.4. The van der Waals surface area contributed by atoms with E-state index in [1.807, 2.05) is 13.1 Å². The van der Waals surface area contributed by atoms with E-state index in [2.05, 4.69) is 20.9 Å². The molecule has 3 aliphatic rings. The molecule has 292 valence electrons. The summed E-state index contributed by atoms with van der Waals surface area (Å²) < 4.78 is 48.7. The molecule has 2 aliphatic heterocycles. The van der Waals surface area contributed by atoms with Gasteiger partial charge in [-0.15, -0.1) is 0 Å². The smallest absolute Gasteiger partial charge is 0.418 e. The molecule has 3 aromatic carbocycles. The number of alkyl halides is 3. The van der Waals surface area contributed by atoms with Crippen LogP contribution in [0.15, 0.2) is 30.3 Å². The van der Waals surface area contributed by atoms with E-state index in [-0.39, 0.29) is 46.9 Å². The molecule has 54 heavy (non-hydrogen) atoms. The lowest BCUT2D eigenvalue weighted by atomic mass is 9.73. The molecule has 0 saturated carbocycles. The molecule has 0 aromatic heterocycles. The second kappa shape index (κ2) is 15.3. The Morgan fingerprint density at radius 2 is 1.63 bits per heavy atom. The number of carbonyl (C=O) groups excluding carboxylic acids is 2. The number of nitrogens with one attached hydrogen (secondary N) is 3. The minimum absolute atomic E-state index is 0.0104. The molecule has 1 saturated heterocycles. The number of urea groups is 1. The number of phenols is 1. The summed E-state index contributed by atoms with van der Waals surface area (Å²) in [6, 6.07) is 5.94. The van der Waals surface area contributed by atoms with Crippen LogP contribution < -0.4 is 20.9 Å². The third-order valence-corrected chi connectivity index (χ3v) is 10.6. The highest BCUT2D eigenvalue weighted by atomic mass is 19.4. The Bertz CT molecular complexity index is 1920. The van der Waals surface area contributed by atoms with Crippen LogP contribution in [-0.2, 0) is 43.6 Å². The Morgan fingerprint density at radius 3 is 2.26 bits per heavy atom. The number of aromatic hydroxyl groups is 1. The van der Waals surface area contributed by atoms with Crippen molar-refractivity contribution >= 4 is 29.2 Å². The van der Waals surface area contributed by atoms with Gasteiger partial charge in [0.2, 0.25) is 0 Å². The van der Waals surface area contributed by atoms with E-state index in [1.165, 1.54) is 18.2 Å². The topological polar surface area (TPSA) is 167 Å². The molecular formula is C39H48F3N5O7. The normalized spacial score (nSPS) is 17.4. The standard InChI is InChI=1S/C39H48F3N5O7/c1-38(2,3)54-37(53)43-17-21-7-11-47(12-8-21)30-6-5-25(15-28(30)39(40,41)42)44-36(52)45-29-14-24(19-49)35(51)34-26(29)16-31-32-22(9-10-46(31)4)13-23(18-48)27(20-50)33(32)34/h5-6,13-15,21,31,48-51H,7-12,16-20H2,1-4H3,(H,43,53)(H2,44,45,52)/t31-/m0/s1. The third kappa shape index (κ3) is 7.95. The molecule has 15 heteroatoms. The second-order valence-electron chi connectivity index (χ2n) is 15.3. The van der Waals surface area contributed by atoms with Crippen LogP contribution >= 0.6 is 0 Å². The number of aliphatic hydroxyl groups excluding tert-OH is 3. The van der Waals surface area contributed by atoms with Crippen LogP contribution in [0.5, 0.6) is 5.75 Å². The SMILES string of the molecule is CN1CCc2cc(CO)c(CO)c3c2[C@@H]1Cc1c(NC(=O)Nc2ccc(N4CCC(CNC(=O)OC(C)(C)C)CC4)c(C(F)(F)F)c2)cc(CO)c(O)c1-3. The number of hydrogen-bond donors (Lipinski definition) is 7. The average Bonchev–Trinajstić information content (AvgIpc) is 3.11. The van der Waals surface area contributed by atoms with Crippen LogP contribution in [0.4, 0.5) is 39.8 Å². The van der Waals surface area contributed by atoms with E-state index >= 15 is 0 Å². The number of fused-ring (bicyclic) bond motifs is 2. The van der Waals surface area contributed by atoms with Crippen molar-refractivity contribution in [2.45, 2.75) is 84.1 Å². The summed E-state index contributed by atoms with van der Waals surface area (Å²) in [5.74, 6) is -0.142. The van der Waals surface area contributed by atoms with E-state index in [1.54, 1.807) is 25.7 Å². The molecule has 12 nitrogen and oxygen atoms in total. The minimum Gasteiger partial charge on any atom is -0.507 e. The van der Waals surface area contributed by atoms with Crippen LogP contribution in [0.3, 0.4) is 0 Å². The van der Waals surface area contributed by atoms with E-state index in [0.717, 1.165) is 17.2 Å². The molecule has 0 bridgehead atoms. The summed E-state index contributed by atoms with van der Waals surface area (Å²) in [4.78, 5) is 29.4. The highest BCUT2D eigenvalue weighted by Gasteiger charge is 2.39. The molecule has 0 radical (unpaired) electrons. The highest BCUT2D eigenvalue weighted by molar-refractivity contribution is 6.02. The first-order chi connectivity index (χ1) is 25.5. The first-order valence-electron chi connectivity index (χ1n) is 18.1. The van der Waals surface area contributed by atoms with E-state index in [4.69, 9.17) is 4.74 Å². The first kappa shape index (κ1) is 39.1. The zero-order valence-corrected chi connectivity index (χ0v) is 30.9. The van der Waals surface area contributed by atoms with Crippen molar-refractivity contribution in [2.75, 3.05) is 48.8 Å². The van der Waals surface area contributed by atoms with Gasteiger partial charge >= 0.3 is 18.3 Å². The maximum absolute atomic E-state index is 14.5. The number of aliphatic hydroxyl groups is 3. The maximum Gasteiger partial charge on any atom is 0.418 e. The maximum atomic E-state index is 14.5. The third-order valence-electron chi connectivity index (χ3n) is 10.6.